The zero-order chi connectivity index (χ0) is 9.41. The van der Waals surface area contributed by atoms with E-state index in [0.29, 0.717) is 18.4 Å². The Balaban J connectivity index is 2.91. The van der Waals surface area contributed by atoms with Gasteiger partial charge in [-0.05, 0) is 32.3 Å². The molecular weight excluding hydrogens is 152 g/mol. The fourth-order valence-electron chi connectivity index (χ4n) is 2.00. The Morgan fingerprint density at radius 3 is 2.08 bits per heavy atom. The molecule has 0 unspecified atom stereocenters. The molecule has 1 aliphatic carbocycles. The molecule has 1 aliphatic rings. The summed E-state index contributed by atoms with van der Waals surface area (Å²) in [6, 6.07) is 0. The highest BCUT2D eigenvalue weighted by Crippen LogP contribution is 2.40. The molecule has 0 spiro atoms. The Bertz CT molecular complexity index is 196. The second-order valence-corrected chi connectivity index (χ2v) is 4.12. The lowest BCUT2D eigenvalue weighted by molar-refractivity contribution is -0.142. The predicted octanol–water partition coefficient (Wildman–Crippen LogP) is 1.62. The summed E-state index contributed by atoms with van der Waals surface area (Å²) in [5, 5.41) is 20.1. The number of hydrogen-bond acceptors (Lipinski definition) is 2. The predicted molar refractivity (Wildman–Crippen MR) is 48.9 cm³/mol. The van der Waals surface area contributed by atoms with Gasteiger partial charge in [-0.2, -0.15) is 0 Å². The molecule has 2 heteroatoms. The van der Waals surface area contributed by atoms with E-state index in [0.717, 1.165) is 12.8 Å². The minimum atomic E-state index is -1.06. The van der Waals surface area contributed by atoms with E-state index in [1.165, 1.54) is 0 Å². The lowest BCUT2D eigenvalue weighted by Gasteiger charge is -2.45. The van der Waals surface area contributed by atoms with Crippen LogP contribution in [-0.4, -0.2) is 21.4 Å². The van der Waals surface area contributed by atoms with E-state index in [1.54, 1.807) is 13.8 Å². The van der Waals surface area contributed by atoms with Gasteiger partial charge in [0, 0.05) is 0 Å². The minimum absolute atomic E-state index is 0.634. The molecule has 70 valence electrons. The van der Waals surface area contributed by atoms with Crippen LogP contribution in [0.4, 0.5) is 0 Å². The molecule has 0 aromatic heterocycles. The molecule has 1 rings (SSSR count). The smallest absolute Gasteiger partial charge is 0.113 e. The van der Waals surface area contributed by atoms with E-state index in [1.807, 2.05) is 0 Å². The normalized spacial score (nSPS) is 42.7. The van der Waals surface area contributed by atoms with Gasteiger partial charge in [0.1, 0.15) is 5.60 Å². The third kappa shape index (κ3) is 1.29. The first-order chi connectivity index (χ1) is 5.40. The minimum Gasteiger partial charge on any atom is -0.387 e. The summed E-state index contributed by atoms with van der Waals surface area (Å²) >= 11 is 0. The zero-order valence-corrected chi connectivity index (χ0v) is 7.93. The molecule has 2 atom stereocenters. The first-order valence-corrected chi connectivity index (χ1v) is 4.51. The van der Waals surface area contributed by atoms with Gasteiger partial charge in [0.15, 0.2) is 0 Å². The summed E-state index contributed by atoms with van der Waals surface area (Å²) in [5.74, 6) is 0. The third-order valence-electron chi connectivity index (χ3n) is 3.05. The summed E-state index contributed by atoms with van der Waals surface area (Å²) in [4.78, 5) is 0. The van der Waals surface area contributed by atoms with Gasteiger partial charge in [0.05, 0.1) is 5.60 Å². The largest absolute Gasteiger partial charge is 0.387 e. The Morgan fingerprint density at radius 1 is 1.25 bits per heavy atom. The molecule has 1 saturated carbocycles. The second-order valence-electron chi connectivity index (χ2n) is 4.12. The van der Waals surface area contributed by atoms with Crippen LogP contribution in [0.15, 0.2) is 12.2 Å². The maximum absolute atomic E-state index is 10.1. The van der Waals surface area contributed by atoms with Crippen LogP contribution < -0.4 is 0 Å². The van der Waals surface area contributed by atoms with E-state index in [2.05, 4.69) is 6.58 Å². The van der Waals surface area contributed by atoms with E-state index in [4.69, 9.17) is 0 Å². The fraction of sp³-hybridized carbons (Fsp3) is 0.800. The SMILES string of the molecule is C=C(C)[C@@]1(O)CCCC[C@]1(C)O. The number of rotatable bonds is 1. The average molecular weight is 170 g/mol. The standard InChI is InChI=1S/C10H18O2/c1-8(2)10(12)7-5-4-6-9(10,3)11/h11-12H,1,4-7H2,2-3H3/t9-,10-/m0/s1. The van der Waals surface area contributed by atoms with Crippen molar-refractivity contribution < 1.29 is 10.2 Å². The number of hydrogen-bond donors (Lipinski definition) is 2. The molecule has 0 aliphatic heterocycles. The van der Waals surface area contributed by atoms with Crippen molar-refractivity contribution in [1.29, 1.82) is 0 Å². The molecule has 0 radical (unpaired) electrons. The van der Waals surface area contributed by atoms with Crippen molar-refractivity contribution in [1.82, 2.24) is 0 Å². The molecule has 0 saturated heterocycles. The van der Waals surface area contributed by atoms with Gasteiger partial charge >= 0.3 is 0 Å². The van der Waals surface area contributed by atoms with Crippen LogP contribution in [-0.2, 0) is 0 Å². The molecule has 0 heterocycles. The molecular formula is C10H18O2. The Kier molecular flexibility index (Phi) is 2.32. The topological polar surface area (TPSA) is 40.5 Å². The zero-order valence-electron chi connectivity index (χ0n) is 7.93. The van der Waals surface area contributed by atoms with Crippen molar-refractivity contribution in [3.8, 4) is 0 Å². The molecule has 2 nitrogen and oxygen atoms in total. The van der Waals surface area contributed by atoms with Gasteiger partial charge in [0.2, 0.25) is 0 Å². The Labute approximate surface area is 73.9 Å². The maximum atomic E-state index is 10.1. The molecule has 0 bridgehead atoms. The summed E-state index contributed by atoms with van der Waals surface area (Å²) in [6.45, 7) is 7.21. The van der Waals surface area contributed by atoms with Crippen molar-refractivity contribution >= 4 is 0 Å². The summed E-state index contributed by atoms with van der Waals surface area (Å²) in [7, 11) is 0. The van der Waals surface area contributed by atoms with Crippen molar-refractivity contribution in [3.63, 3.8) is 0 Å². The summed E-state index contributed by atoms with van der Waals surface area (Å²) < 4.78 is 0. The van der Waals surface area contributed by atoms with Gasteiger partial charge in [0.25, 0.3) is 0 Å². The van der Waals surface area contributed by atoms with E-state index >= 15 is 0 Å². The van der Waals surface area contributed by atoms with Gasteiger partial charge < -0.3 is 10.2 Å². The molecule has 2 N–H and O–H groups in total. The summed E-state index contributed by atoms with van der Waals surface area (Å²) in [6.07, 6.45) is 3.26. The van der Waals surface area contributed by atoms with Gasteiger partial charge in [-0.1, -0.05) is 19.4 Å². The molecule has 1 fully saturated rings. The highest BCUT2D eigenvalue weighted by Gasteiger charge is 2.47. The quantitative estimate of drug-likeness (QED) is 0.587. The van der Waals surface area contributed by atoms with Crippen LogP contribution in [0.25, 0.3) is 0 Å². The van der Waals surface area contributed by atoms with Crippen molar-refractivity contribution in [3.05, 3.63) is 12.2 Å². The summed E-state index contributed by atoms with van der Waals surface area (Å²) in [5.41, 5.74) is -1.38. The van der Waals surface area contributed by atoms with Crippen LogP contribution in [0.2, 0.25) is 0 Å². The number of aliphatic hydroxyl groups is 2. The third-order valence-corrected chi connectivity index (χ3v) is 3.05. The van der Waals surface area contributed by atoms with E-state index < -0.39 is 11.2 Å². The molecule has 0 aromatic carbocycles. The highest BCUT2D eigenvalue weighted by molar-refractivity contribution is 5.18. The average Bonchev–Trinajstić information content (AvgIpc) is 1.95. The van der Waals surface area contributed by atoms with Crippen LogP contribution in [0.1, 0.15) is 39.5 Å². The monoisotopic (exact) mass is 170 g/mol. The van der Waals surface area contributed by atoms with Crippen LogP contribution in [0, 0.1) is 0 Å². The van der Waals surface area contributed by atoms with Gasteiger partial charge in [-0.25, -0.2) is 0 Å². The van der Waals surface area contributed by atoms with Crippen molar-refractivity contribution in [2.45, 2.75) is 50.7 Å². The van der Waals surface area contributed by atoms with Crippen LogP contribution in [0.5, 0.6) is 0 Å². The maximum Gasteiger partial charge on any atom is 0.113 e. The van der Waals surface area contributed by atoms with Gasteiger partial charge in [-0.15, -0.1) is 0 Å². The van der Waals surface area contributed by atoms with E-state index in [9.17, 15) is 10.2 Å². The van der Waals surface area contributed by atoms with Crippen LogP contribution >= 0.6 is 0 Å². The highest BCUT2D eigenvalue weighted by atomic mass is 16.4. The lowest BCUT2D eigenvalue weighted by Crippen LogP contribution is -2.54. The van der Waals surface area contributed by atoms with E-state index in [-0.39, 0.29) is 0 Å². The molecule has 0 amide bonds. The molecule has 12 heavy (non-hydrogen) atoms. The lowest BCUT2D eigenvalue weighted by atomic mass is 9.69. The first kappa shape index (κ1) is 9.75. The van der Waals surface area contributed by atoms with Crippen LogP contribution in [0.3, 0.4) is 0 Å². The van der Waals surface area contributed by atoms with Gasteiger partial charge in [-0.3, -0.25) is 0 Å². The second kappa shape index (κ2) is 2.86. The van der Waals surface area contributed by atoms with Crippen molar-refractivity contribution in [2.24, 2.45) is 0 Å². The Hall–Kier alpha value is -0.340. The van der Waals surface area contributed by atoms with Crippen molar-refractivity contribution in [2.75, 3.05) is 0 Å². The Morgan fingerprint density at radius 2 is 1.75 bits per heavy atom. The molecule has 0 aromatic rings. The fourth-order valence-corrected chi connectivity index (χ4v) is 2.00. The first-order valence-electron chi connectivity index (χ1n) is 4.51.